The van der Waals surface area contributed by atoms with Gasteiger partial charge in [-0.05, 0) is 26.2 Å². The molecule has 0 saturated carbocycles. The van der Waals surface area contributed by atoms with E-state index in [-0.39, 0.29) is 0 Å². The summed E-state index contributed by atoms with van der Waals surface area (Å²) in [7, 11) is 0. The van der Waals surface area contributed by atoms with Crippen molar-refractivity contribution >= 4 is 5.78 Å². The van der Waals surface area contributed by atoms with Crippen LogP contribution in [0.4, 0.5) is 0 Å². The quantitative estimate of drug-likeness (QED) is 0.431. The number of rotatable bonds is 7. The predicted molar refractivity (Wildman–Crippen MR) is 57.7 cm³/mol. The van der Waals surface area contributed by atoms with Crippen LogP contribution in [0.15, 0.2) is 24.3 Å². The van der Waals surface area contributed by atoms with Crippen molar-refractivity contribution in [3.05, 3.63) is 24.3 Å². The van der Waals surface area contributed by atoms with Gasteiger partial charge in [0.25, 0.3) is 0 Å². The maximum absolute atomic E-state index is 10.9. The fourth-order valence-electron chi connectivity index (χ4n) is 1.02. The minimum atomic E-state index is 0.359. The van der Waals surface area contributed by atoms with Gasteiger partial charge in [-0.25, -0.2) is 0 Å². The molecule has 0 aromatic rings. The van der Waals surface area contributed by atoms with E-state index < -0.39 is 0 Å². The molecule has 0 atom stereocenters. The van der Waals surface area contributed by atoms with Crippen molar-refractivity contribution < 1.29 is 4.79 Å². The van der Waals surface area contributed by atoms with Crippen molar-refractivity contribution in [1.29, 1.82) is 0 Å². The summed E-state index contributed by atoms with van der Waals surface area (Å²) in [5, 5.41) is 0. The van der Waals surface area contributed by atoms with Gasteiger partial charge in [0.15, 0.2) is 0 Å². The van der Waals surface area contributed by atoms with E-state index in [0.717, 1.165) is 19.3 Å². The van der Waals surface area contributed by atoms with E-state index in [1.165, 1.54) is 0 Å². The molecule has 0 aliphatic rings. The number of unbranched alkanes of at least 4 members (excludes halogenated alkanes) is 1. The summed E-state index contributed by atoms with van der Waals surface area (Å²) in [5.41, 5.74) is 0. The summed E-state index contributed by atoms with van der Waals surface area (Å²) in [5.74, 6) is 0.359. The molecular weight excluding hydrogens is 160 g/mol. The van der Waals surface area contributed by atoms with Crippen molar-refractivity contribution in [3.8, 4) is 0 Å². The molecule has 0 aliphatic heterocycles. The molecule has 74 valence electrons. The molecule has 13 heavy (non-hydrogen) atoms. The van der Waals surface area contributed by atoms with Crippen molar-refractivity contribution in [3.63, 3.8) is 0 Å². The summed E-state index contributed by atoms with van der Waals surface area (Å²) < 4.78 is 0. The molecule has 0 unspecified atom stereocenters. The molecule has 0 aromatic heterocycles. The summed E-state index contributed by atoms with van der Waals surface area (Å²) in [6, 6.07) is 0. The zero-order chi connectivity index (χ0) is 9.94. The molecule has 0 N–H and O–H groups in total. The maximum Gasteiger partial charge on any atom is 0.132 e. The molecule has 0 amide bonds. The largest absolute Gasteiger partial charge is 0.300 e. The van der Waals surface area contributed by atoms with E-state index in [1.807, 2.05) is 13.8 Å². The Labute approximate surface area is 81.5 Å². The van der Waals surface area contributed by atoms with Crippen molar-refractivity contribution in [2.75, 3.05) is 0 Å². The average molecular weight is 180 g/mol. The first-order chi connectivity index (χ1) is 6.31. The highest BCUT2D eigenvalue weighted by molar-refractivity contribution is 5.78. The Morgan fingerprint density at radius 1 is 1.08 bits per heavy atom. The fraction of sp³-hybridized carbons (Fsp3) is 0.583. The third-order valence-electron chi connectivity index (χ3n) is 1.89. The van der Waals surface area contributed by atoms with Crippen molar-refractivity contribution in [2.24, 2.45) is 0 Å². The Hall–Kier alpha value is -0.850. The van der Waals surface area contributed by atoms with Gasteiger partial charge in [-0.1, -0.05) is 31.2 Å². The second-order valence-corrected chi connectivity index (χ2v) is 3.05. The summed E-state index contributed by atoms with van der Waals surface area (Å²) >= 11 is 0. The van der Waals surface area contributed by atoms with Crippen LogP contribution in [-0.4, -0.2) is 5.78 Å². The number of hydrogen-bond donors (Lipinski definition) is 0. The first kappa shape index (κ1) is 12.2. The number of allylic oxidation sites excluding steroid dienone is 4. The van der Waals surface area contributed by atoms with Gasteiger partial charge in [0, 0.05) is 12.8 Å². The van der Waals surface area contributed by atoms with Gasteiger partial charge < -0.3 is 0 Å². The lowest BCUT2D eigenvalue weighted by Crippen LogP contribution is -1.92. The van der Waals surface area contributed by atoms with Crippen LogP contribution in [0.2, 0.25) is 0 Å². The molecule has 1 heteroatoms. The van der Waals surface area contributed by atoms with Gasteiger partial charge in [-0.2, -0.15) is 0 Å². The minimum absolute atomic E-state index is 0.359. The molecule has 0 saturated heterocycles. The third kappa shape index (κ3) is 9.06. The molecular formula is C12H20O. The standard InChI is InChI=1S/C12H20O/c1-3-5-6-7-8-9-10-11-12(13)4-2/h3,5,8-9H,4,6-7,10-11H2,1-2H3. The van der Waals surface area contributed by atoms with Crippen LogP contribution in [0.1, 0.15) is 46.0 Å². The highest BCUT2D eigenvalue weighted by Crippen LogP contribution is 1.98. The lowest BCUT2D eigenvalue weighted by Gasteiger charge is -1.91. The van der Waals surface area contributed by atoms with Gasteiger partial charge in [0.2, 0.25) is 0 Å². The summed E-state index contributed by atoms with van der Waals surface area (Å²) in [4.78, 5) is 10.9. The Balaban J connectivity index is 3.26. The van der Waals surface area contributed by atoms with E-state index in [0.29, 0.717) is 18.6 Å². The van der Waals surface area contributed by atoms with Crippen LogP contribution in [0.25, 0.3) is 0 Å². The van der Waals surface area contributed by atoms with E-state index in [9.17, 15) is 4.79 Å². The van der Waals surface area contributed by atoms with E-state index in [1.54, 1.807) is 0 Å². The molecule has 0 rings (SSSR count). The van der Waals surface area contributed by atoms with Gasteiger partial charge in [-0.15, -0.1) is 0 Å². The summed E-state index contributed by atoms with van der Waals surface area (Å²) in [6.07, 6.45) is 13.0. The normalized spacial score (nSPS) is 11.5. The van der Waals surface area contributed by atoms with Crippen LogP contribution in [0.5, 0.6) is 0 Å². The molecule has 0 bridgehead atoms. The second-order valence-electron chi connectivity index (χ2n) is 3.05. The van der Waals surface area contributed by atoms with Crippen LogP contribution in [0, 0.1) is 0 Å². The predicted octanol–water partition coefficient (Wildman–Crippen LogP) is 3.66. The van der Waals surface area contributed by atoms with Crippen LogP contribution < -0.4 is 0 Å². The average Bonchev–Trinajstić information content (AvgIpc) is 2.16. The maximum atomic E-state index is 10.9. The molecule has 0 radical (unpaired) electrons. The first-order valence-corrected chi connectivity index (χ1v) is 5.09. The number of hydrogen-bond acceptors (Lipinski definition) is 1. The number of ketones is 1. The van der Waals surface area contributed by atoms with Crippen molar-refractivity contribution in [1.82, 2.24) is 0 Å². The van der Waals surface area contributed by atoms with Crippen LogP contribution >= 0.6 is 0 Å². The van der Waals surface area contributed by atoms with E-state index in [4.69, 9.17) is 0 Å². The van der Waals surface area contributed by atoms with Crippen molar-refractivity contribution in [2.45, 2.75) is 46.0 Å². The number of carbonyl (C=O) groups excluding carboxylic acids is 1. The highest BCUT2D eigenvalue weighted by Gasteiger charge is 1.93. The first-order valence-electron chi connectivity index (χ1n) is 5.09. The number of Topliss-reactive ketones (excluding diaryl/α,β-unsaturated/α-hetero) is 1. The second kappa shape index (κ2) is 9.24. The Morgan fingerprint density at radius 2 is 1.69 bits per heavy atom. The molecule has 0 spiro atoms. The van der Waals surface area contributed by atoms with Gasteiger partial charge in [0.05, 0.1) is 0 Å². The Morgan fingerprint density at radius 3 is 2.31 bits per heavy atom. The summed E-state index contributed by atoms with van der Waals surface area (Å²) in [6.45, 7) is 3.95. The zero-order valence-electron chi connectivity index (χ0n) is 8.75. The molecule has 0 aliphatic carbocycles. The van der Waals surface area contributed by atoms with Crippen LogP contribution in [0.3, 0.4) is 0 Å². The number of carbonyl (C=O) groups is 1. The SMILES string of the molecule is CC=CCCC=CCCC(=O)CC. The lowest BCUT2D eigenvalue weighted by atomic mass is 10.1. The monoisotopic (exact) mass is 180 g/mol. The van der Waals surface area contributed by atoms with Gasteiger partial charge >= 0.3 is 0 Å². The zero-order valence-corrected chi connectivity index (χ0v) is 8.75. The molecule has 0 fully saturated rings. The fourth-order valence-corrected chi connectivity index (χ4v) is 1.02. The molecule has 0 aromatic carbocycles. The Bertz CT molecular complexity index is 178. The Kier molecular flexibility index (Phi) is 8.64. The van der Waals surface area contributed by atoms with Crippen LogP contribution in [-0.2, 0) is 4.79 Å². The third-order valence-corrected chi connectivity index (χ3v) is 1.89. The molecule has 1 nitrogen and oxygen atoms in total. The van der Waals surface area contributed by atoms with Gasteiger partial charge in [-0.3, -0.25) is 4.79 Å². The van der Waals surface area contributed by atoms with E-state index >= 15 is 0 Å². The van der Waals surface area contributed by atoms with Gasteiger partial charge in [0.1, 0.15) is 5.78 Å². The minimum Gasteiger partial charge on any atom is -0.300 e. The lowest BCUT2D eigenvalue weighted by molar-refractivity contribution is -0.118. The highest BCUT2D eigenvalue weighted by atomic mass is 16.1. The smallest absolute Gasteiger partial charge is 0.132 e. The molecule has 0 heterocycles. The van der Waals surface area contributed by atoms with E-state index in [2.05, 4.69) is 24.3 Å². The topological polar surface area (TPSA) is 17.1 Å².